The van der Waals surface area contributed by atoms with Crippen molar-refractivity contribution in [2.45, 2.75) is 32.2 Å². The van der Waals surface area contributed by atoms with Gasteiger partial charge in [0.25, 0.3) is 5.91 Å². The molecule has 2 amide bonds. The quantitative estimate of drug-likeness (QED) is 0.672. The van der Waals surface area contributed by atoms with Crippen LogP contribution in [0.2, 0.25) is 0 Å². The van der Waals surface area contributed by atoms with Gasteiger partial charge in [-0.2, -0.15) is 5.10 Å². The average Bonchev–Trinajstić information content (AvgIpc) is 3.27. The second-order valence-electron chi connectivity index (χ2n) is 7.29. The van der Waals surface area contributed by atoms with Gasteiger partial charge in [-0.15, -0.1) is 0 Å². The van der Waals surface area contributed by atoms with Gasteiger partial charge in [-0.1, -0.05) is 6.07 Å². The van der Waals surface area contributed by atoms with Crippen LogP contribution in [0, 0.1) is 5.82 Å². The van der Waals surface area contributed by atoms with Gasteiger partial charge in [-0.05, 0) is 67.3 Å². The SMILES string of the molecule is O=C(Nc1cccc2c1CCCN2C(=O)CCCn1cccn1)c1ccc(F)cc1. The third-order valence-electron chi connectivity index (χ3n) is 5.24. The highest BCUT2D eigenvalue weighted by molar-refractivity contribution is 6.05. The molecule has 0 spiro atoms. The maximum absolute atomic E-state index is 13.1. The molecular formula is C23H23FN4O2. The molecule has 2 aromatic carbocycles. The highest BCUT2D eigenvalue weighted by Gasteiger charge is 2.24. The van der Waals surface area contributed by atoms with E-state index in [9.17, 15) is 14.0 Å². The molecule has 154 valence electrons. The van der Waals surface area contributed by atoms with E-state index in [1.807, 2.05) is 40.0 Å². The van der Waals surface area contributed by atoms with Gasteiger partial charge in [0.1, 0.15) is 5.82 Å². The molecule has 0 aliphatic carbocycles. The van der Waals surface area contributed by atoms with Crippen molar-refractivity contribution in [1.29, 1.82) is 0 Å². The van der Waals surface area contributed by atoms with Crippen molar-refractivity contribution in [2.24, 2.45) is 0 Å². The lowest BCUT2D eigenvalue weighted by Gasteiger charge is -2.31. The molecule has 7 heteroatoms. The standard InChI is InChI=1S/C23H23FN4O2/c24-18-11-9-17(10-12-18)23(30)26-20-6-1-7-21-19(20)5-2-16-28(21)22(29)8-3-14-27-15-4-13-25-27/h1,4,6-7,9-13,15H,2-3,5,8,14,16H2,(H,26,30). The molecule has 1 aliphatic heterocycles. The molecule has 1 N–H and O–H groups in total. The number of nitrogens with one attached hydrogen (secondary N) is 1. The molecule has 1 aliphatic rings. The molecule has 6 nitrogen and oxygen atoms in total. The topological polar surface area (TPSA) is 67.2 Å². The van der Waals surface area contributed by atoms with E-state index in [0.717, 1.165) is 24.1 Å². The number of nitrogens with zero attached hydrogens (tertiary/aromatic N) is 3. The zero-order chi connectivity index (χ0) is 20.9. The minimum absolute atomic E-state index is 0.0742. The first kappa shape index (κ1) is 19.8. The zero-order valence-corrected chi connectivity index (χ0v) is 16.6. The van der Waals surface area contributed by atoms with Crippen LogP contribution in [-0.2, 0) is 17.8 Å². The summed E-state index contributed by atoms with van der Waals surface area (Å²) >= 11 is 0. The molecule has 0 atom stereocenters. The van der Waals surface area contributed by atoms with Crippen LogP contribution in [0.4, 0.5) is 15.8 Å². The van der Waals surface area contributed by atoms with Crippen molar-refractivity contribution in [1.82, 2.24) is 9.78 Å². The molecule has 0 fully saturated rings. The summed E-state index contributed by atoms with van der Waals surface area (Å²) in [4.78, 5) is 27.2. The van der Waals surface area contributed by atoms with Crippen molar-refractivity contribution in [3.05, 3.63) is 77.9 Å². The smallest absolute Gasteiger partial charge is 0.255 e. The van der Waals surface area contributed by atoms with E-state index in [-0.39, 0.29) is 17.6 Å². The Balaban J connectivity index is 1.46. The van der Waals surface area contributed by atoms with Crippen LogP contribution in [0.3, 0.4) is 0 Å². The fourth-order valence-electron chi connectivity index (χ4n) is 3.76. The summed E-state index contributed by atoms with van der Waals surface area (Å²) in [7, 11) is 0. The fraction of sp³-hybridized carbons (Fsp3) is 0.261. The predicted octanol–water partition coefficient (Wildman–Crippen LogP) is 4.03. The maximum atomic E-state index is 13.1. The van der Waals surface area contributed by atoms with Gasteiger partial charge in [0.05, 0.1) is 0 Å². The lowest BCUT2D eigenvalue weighted by molar-refractivity contribution is -0.118. The third-order valence-corrected chi connectivity index (χ3v) is 5.24. The van der Waals surface area contributed by atoms with Gasteiger partial charge in [-0.25, -0.2) is 4.39 Å². The number of hydrogen-bond donors (Lipinski definition) is 1. The second kappa shape index (κ2) is 8.90. The number of aryl methyl sites for hydroxylation is 1. The van der Waals surface area contributed by atoms with Crippen LogP contribution in [0.25, 0.3) is 0 Å². The Morgan fingerprint density at radius 2 is 1.93 bits per heavy atom. The first-order chi connectivity index (χ1) is 14.6. The summed E-state index contributed by atoms with van der Waals surface area (Å²) in [6.45, 7) is 1.37. The minimum atomic E-state index is -0.384. The van der Waals surface area contributed by atoms with Gasteiger partial charge in [-0.3, -0.25) is 14.3 Å². The first-order valence-corrected chi connectivity index (χ1v) is 10.1. The van der Waals surface area contributed by atoms with E-state index in [1.54, 1.807) is 6.20 Å². The number of benzene rings is 2. The van der Waals surface area contributed by atoms with Crippen molar-refractivity contribution in [2.75, 3.05) is 16.8 Å². The van der Waals surface area contributed by atoms with Crippen LogP contribution in [0.5, 0.6) is 0 Å². The fourth-order valence-corrected chi connectivity index (χ4v) is 3.76. The van der Waals surface area contributed by atoms with E-state index < -0.39 is 0 Å². The van der Waals surface area contributed by atoms with E-state index in [2.05, 4.69) is 10.4 Å². The molecular weight excluding hydrogens is 383 g/mol. The Morgan fingerprint density at radius 3 is 2.70 bits per heavy atom. The van der Waals surface area contributed by atoms with Crippen LogP contribution < -0.4 is 10.2 Å². The predicted molar refractivity (Wildman–Crippen MR) is 113 cm³/mol. The molecule has 30 heavy (non-hydrogen) atoms. The minimum Gasteiger partial charge on any atom is -0.322 e. The molecule has 1 aromatic heterocycles. The Morgan fingerprint density at radius 1 is 1.10 bits per heavy atom. The molecule has 4 rings (SSSR count). The number of anilines is 2. The Hall–Kier alpha value is -3.48. The summed E-state index contributed by atoms with van der Waals surface area (Å²) in [6.07, 6.45) is 6.38. The third kappa shape index (κ3) is 4.40. The van der Waals surface area contributed by atoms with Crippen molar-refractivity contribution in [3.63, 3.8) is 0 Å². The van der Waals surface area contributed by atoms with Crippen LogP contribution in [0.15, 0.2) is 60.9 Å². The van der Waals surface area contributed by atoms with Gasteiger partial charge in [0, 0.05) is 48.8 Å². The molecule has 0 unspecified atom stereocenters. The van der Waals surface area contributed by atoms with E-state index >= 15 is 0 Å². The van der Waals surface area contributed by atoms with E-state index in [4.69, 9.17) is 0 Å². The first-order valence-electron chi connectivity index (χ1n) is 10.1. The largest absolute Gasteiger partial charge is 0.322 e. The van der Waals surface area contributed by atoms with E-state index in [1.165, 1.54) is 24.3 Å². The van der Waals surface area contributed by atoms with Crippen molar-refractivity contribution in [3.8, 4) is 0 Å². The molecule has 3 aromatic rings. The van der Waals surface area contributed by atoms with Gasteiger partial charge in [0.2, 0.25) is 5.91 Å². The zero-order valence-electron chi connectivity index (χ0n) is 16.6. The number of fused-ring (bicyclic) bond motifs is 1. The maximum Gasteiger partial charge on any atom is 0.255 e. The van der Waals surface area contributed by atoms with Crippen molar-refractivity contribution < 1.29 is 14.0 Å². The summed E-state index contributed by atoms with van der Waals surface area (Å²) in [5.41, 5.74) is 2.88. The van der Waals surface area contributed by atoms with Gasteiger partial charge < -0.3 is 10.2 Å². The van der Waals surface area contributed by atoms with Crippen molar-refractivity contribution >= 4 is 23.2 Å². The molecule has 2 heterocycles. The Labute approximate surface area is 174 Å². The lowest BCUT2D eigenvalue weighted by Crippen LogP contribution is -2.35. The van der Waals surface area contributed by atoms with Gasteiger partial charge >= 0.3 is 0 Å². The van der Waals surface area contributed by atoms with Crippen LogP contribution in [0.1, 0.15) is 35.2 Å². The Bertz CT molecular complexity index is 1030. The summed E-state index contributed by atoms with van der Waals surface area (Å²) in [6, 6.07) is 12.9. The number of aromatic nitrogens is 2. The van der Waals surface area contributed by atoms with Crippen LogP contribution >= 0.6 is 0 Å². The number of carbonyl (C=O) groups excluding carboxylic acids is 2. The van der Waals surface area contributed by atoms with E-state index in [0.29, 0.717) is 37.2 Å². The van der Waals surface area contributed by atoms with Gasteiger partial charge in [0.15, 0.2) is 0 Å². The highest BCUT2D eigenvalue weighted by Crippen LogP contribution is 2.33. The molecule has 0 saturated heterocycles. The molecule has 0 bridgehead atoms. The number of rotatable bonds is 6. The number of halogens is 1. The average molecular weight is 406 g/mol. The number of carbonyl (C=O) groups is 2. The summed E-state index contributed by atoms with van der Waals surface area (Å²) in [5, 5.41) is 7.08. The monoisotopic (exact) mass is 406 g/mol. The lowest BCUT2D eigenvalue weighted by atomic mass is 9.98. The summed E-state index contributed by atoms with van der Waals surface area (Å²) in [5.74, 6) is -0.610. The normalized spacial score (nSPS) is 13.0. The molecule has 0 radical (unpaired) electrons. The van der Waals surface area contributed by atoms with Crippen LogP contribution in [-0.4, -0.2) is 28.1 Å². The molecule has 0 saturated carbocycles. The summed E-state index contributed by atoms with van der Waals surface area (Å²) < 4.78 is 14.9. The second-order valence-corrected chi connectivity index (χ2v) is 7.29. The Kier molecular flexibility index (Phi) is 5.88. The number of amides is 2. The highest BCUT2D eigenvalue weighted by atomic mass is 19.1. The number of hydrogen-bond acceptors (Lipinski definition) is 3.